The van der Waals surface area contributed by atoms with E-state index in [2.05, 4.69) is 25.7 Å². The zero-order valence-electron chi connectivity index (χ0n) is 12.9. The standard InChI is InChI=1S/C15H27N3OS/c1-11(15-12(2)20-13(3)17-15)18-8-5-14(6-9-18)19-10-4-7-16/h11,14H,4-10,16H2,1-3H3. The molecule has 20 heavy (non-hydrogen) atoms. The Kier molecular flexibility index (Phi) is 5.96. The third-order valence-corrected chi connectivity index (χ3v) is 4.96. The SMILES string of the molecule is Cc1nc(C(C)N2CCC(OCCCN)CC2)c(C)s1. The molecule has 1 aromatic heterocycles. The Morgan fingerprint density at radius 3 is 2.65 bits per heavy atom. The van der Waals surface area contributed by atoms with Crippen molar-refractivity contribution in [2.45, 2.75) is 52.2 Å². The number of hydrogen-bond acceptors (Lipinski definition) is 5. The van der Waals surface area contributed by atoms with Crippen molar-refractivity contribution in [3.05, 3.63) is 15.6 Å². The topological polar surface area (TPSA) is 51.4 Å². The first-order valence-electron chi connectivity index (χ1n) is 7.61. The number of piperidine rings is 1. The number of likely N-dealkylation sites (tertiary alicyclic amines) is 1. The van der Waals surface area contributed by atoms with Gasteiger partial charge in [0.05, 0.1) is 22.8 Å². The predicted molar refractivity (Wildman–Crippen MR) is 84.2 cm³/mol. The van der Waals surface area contributed by atoms with Crippen molar-refractivity contribution in [3.63, 3.8) is 0 Å². The summed E-state index contributed by atoms with van der Waals surface area (Å²) in [6.45, 7) is 10.3. The molecule has 0 aromatic carbocycles. The van der Waals surface area contributed by atoms with Gasteiger partial charge in [0.2, 0.25) is 0 Å². The molecule has 2 rings (SSSR count). The predicted octanol–water partition coefficient (Wildman–Crippen LogP) is 2.65. The van der Waals surface area contributed by atoms with Gasteiger partial charge in [-0.3, -0.25) is 4.90 Å². The number of hydrogen-bond donors (Lipinski definition) is 1. The summed E-state index contributed by atoms with van der Waals surface area (Å²) in [6.07, 6.45) is 3.63. The van der Waals surface area contributed by atoms with E-state index in [1.165, 1.54) is 15.6 Å². The number of thiazole rings is 1. The van der Waals surface area contributed by atoms with Crippen molar-refractivity contribution >= 4 is 11.3 Å². The van der Waals surface area contributed by atoms with Crippen LogP contribution in [0.2, 0.25) is 0 Å². The lowest BCUT2D eigenvalue weighted by Gasteiger charge is -2.35. The minimum atomic E-state index is 0.420. The van der Waals surface area contributed by atoms with Gasteiger partial charge in [-0.15, -0.1) is 11.3 Å². The normalized spacial score (nSPS) is 19.4. The van der Waals surface area contributed by atoms with Gasteiger partial charge in [-0.2, -0.15) is 0 Å². The monoisotopic (exact) mass is 297 g/mol. The van der Waals surface area contributed by atoms with Crippen LogP contribution in [-0.4, -0.2) is 42.2 Å². The molecule has 1 aliphatic heterocycles. The lowest BCUT2D eigenvalue weighted by atomic mass is 10.0. The number of aryl methyl sites for hydroxylation is 2. The van der Waals surface area contributed by atoms with Gasteiger partial charge in [0.25, 0.3) is 0 Å². The summed E-state index contributed by atoms with van der Waals surface area (Å²) in [5.41, 5.74) is 6.75. The molecule has 0 amide bonds. The van der Waals surface area contributed by atoms with E-state index in [9.17, 15) is 0 Å². The minimum absolute atomic E-state index is 0.420. The molecule has 0 bridgehead atoms. The summed E-state index contributed by atoms with van der Waals surface area (Å²) in [5, 5.41) is 1.17. The maximum atomic E-state index is 5.86. The fraction of sp³-hybridized carbons (Fsp3) is 0.800. The summed E-state index contributed by atoms with van der Waals surface area (Å²) >= 11 is 1.80. The lowest BCUT2D eigenvalue weighted by Crippen LogP contribution is -2.39. The van der Waals surface area contributed by atoms with Crippen molar-refractivity contribution in [2.24, 2.45) is 5.73 Å². The van der Waals surface area contributed by atoms with E-state index in [4.69, 9.17) is 15.5 Å². The minimum Gasteiger partial charge on any atom is -0.378 e. The van der Waals surface area contributed by atoms with Gasteiger partial charge in [-0.05, 0) is 46.6 Å². The highest BCUT2D eigenvalue weighted by Gasteiger charge is 2.26. The maximum Gasteiger partial charge on any atom is 0.0900 e. The first kappa shape index (κ1) is 15.9. The third-order valence-electron chi connectivity index (χ3n) is 4.06. The first-order chi connectivity index (χ1) is 9.61. The third kappa shape index (κ3) is 4.01. The molecule has 1 aliphatic rings. The molecule has 2 heterocycles. The van der Waals surface area contributed by atoms with E-state index in [1.807, 2.05) is 0 Å². The Morgan fingerprint density at radius 2 is 2.10 bits per heavy atom. The fourth-order valence-corrected chi connectivity index (χ4v) is 3.78. The molecule has 0 saturated carbocycles. The van der Waals surface area contributed by atoms with Crippen LogP contribution in [0.15, 0.2) is 0 Å². The molecule has 5 heteroatoms. The van der Waals surface area contributed by atoms with Crippen LogP contribution in [0.1, 0.15) is 47.8 Å². The van der Waals surface area contributed by atoms with Gasteiger partial charge in [0, 0.05) is 24.6 Å². The molecular weight excluding hydrogens is 270 g/mol. The second-order valence-electron chi connectivity index (χ2n) is 5.60. The van der Waals surface area contributed by atoms with Crippen LogP contribution in [0.3, 0.4) is 0 Å². The number of nitrogens with two attached hydrogens (primary N) is 1. The van der Waals surface area contributed by atoms with Crippen LogP contribution in [0.25, 0.3) is 0 Å². The van der Waals surface area contributed by atoms with Crippen LogP contribution in [-0.2, 0) is 4.74 Å². The molecule has 1 atom stereocenters. The van der Waals surface area contributed by atoms with Gasteiger partial charge in [-0.25, -0.2) is 4.98 Å². The quantitative estimate of drug-likeness (QED) is 0.820. The highest BCUT2D eigenvalue weighted by Crippen LogP contribution is 2.29. The molecular formula is C15H27N3OS. The van der Waals surface area contributed by atoms with Crippen molar-refractivity contribution in [1.29, 1.82) is 0 Å². The molecule has 1 aromatic rings. The van der Waals surface area contributed by atoms with Crippen LogP contribution in [0, 0.1) is 13.8 Å². The van der Waals surface area contributed by atoms with E-state index in [0.29, 0.717) is 12.1 Å². The molecule has 114 valence electrons. The smallest absolute Gasteiger partial charge is 0.0900 e. The number of rotatable bonds is 6. The van der Waals surface area contributed by atoms with Crippen molar-refractivity contribution in [1.82, 2.24) is 9.88 Å². The summed E-state index contributed by atoms with van der Waals surface area (Å²) in [5.74, 6) is 0. The number of ether oxygens (including phenoxy) is 1. The molecule has 1 saturated heterocycles. The fourth-order valence-electron chi connectivity index (χ4n) is 2.87. The summed E-state index contributed by atoms with van der Waals surface area (Å²) in [6, 6.07) is 0.421. The average molecular weight is 297 g/mol. The van der Waals surface area contributed by atoms with Gasteiger partial charge < -0.3 is 10.5 Å². The molecule has 1 unspecified atom stereocenters. The van der Waals surface area contributed by atoms with Gasteiger partial charge in [0.1, 0.15) is 0 Å². The second-order valence-corrected chi connectivity index (χ2v) is 7.01. The van der Waals surface area contributed by atoms with E-state index >= 15 is 0 Å². The zero-order valence-corrected chi connectivity index (χ0v) is 13.7. The molecule has 0 aliphatic carbocycles. The van der Waals surface area contributed by atoms with E-state index < -0.39 is 0 Å². The Morgan fingerprint density at radius 1 is 1.40 bits per heavy atom. The van der Waals surface area contributed by atoms with Crippen LogP contribution in [0.4, 0.5) is 0 Å². The first-order valence-corrected chi connectivity index (χ1v) is 8.43. The largest absolute Gasteiger partial charge is 0.378 e. The molecule has 4 nitrogen and oxygen atoms in total. The average Bonchev–Trinajstić information content (AvgIpc) is 2.78. The van der Waals surface area contributed by atoms with Gasteiger partial charge in [-0.1, -0.05) is 0 Å². The molecule has 1 fully saturated rings. The van der Waals surface area contributed by atoms with E-state index in [1.54, 1.807) is 11.3 Å². The van der Waals surface area contributed by atoms with Crippen LogP contribution >= 0.6 is 11.3 Å². The van der Waals surface area contributed by atoms with Crippen molar-refractivity contribution in [3.8, 4) is 0 Å². The molecule has 0 radical (unpaired) electrons. The highest BCUT2D eigenvalue weighted by atomic mass is 32.1. The van der Waals surface area contributed by atoms with Crippen molar-refractivity contribution in [2.75, 3.05) is 26.2 Å². The Bertz CT molecular complexity index is 413. The summed E-state index contributed by atoms with van der Waals surface area (Å²) in [7, 11) is 0. The highest BCUT2D eigenvalue weighted by molar-refractivity contribution is 7.11. The Labute approximate surface area is 126 Å². The Hall–Kier alpha value is -0.490. The van der Waals surface area contributed by atoms with Crippen LogP contribution < -0.4 is 5.73 Å². The molecule has 2 N–H and O–H groups in total. The lowest BCUT2D eigenvalue weighted by molar-refractivity contribution is -0.00113. The summed E-state index contributed by atoms with van der Waals surface area (Å²) in [4.78, 5) is 8.59. The maximum absolute atomic E-state index is 5.86. The second kappa shape index (κ2) is 7.50. The van der Waals surface area contributed by atoms with E-state index in [0.717, 1.165) is 45.5 Å². The van der Waals surface area contributed by atoms with Gasteiger partial charge in [0.15, 0.2) is 0 Å². The summed E-state index contributed by atoms with van der Waals surface area (Å²) < 4.78 is 5.86. The number of nitrogens with zero attached hydrogens (tertiary/aromatic N) is 2. The van der Waals surface area contributed by atoms with Gasteiger partial charge >= 0.3 is 0 Å². The van der Waals surface area contributed by atoms with Crippen molar-refractivity contribution < 1.29 is 4.74 Å². The Balaban J connectivity index is 1.82. The molecule has 0 spiro atoms. The van der Waals surface area contributed by atoms with E-state index in [-0.39, 0.29) is 0 Å². The van der Waals surface area contributed by atoms with Crippen LogP contribution in [0.5, 0.6) is 0 Å². The number of aromatic nitrogens is 1. The zero-order chi connectivity index (χ0) is 14.5.